The van der Waals surface area contributed by atoms with Crippen molar-refractivity contribution in [3.8, 4) is 6.07 Å². The molecule has 4 N–H and O–H groups in total. The number of hydrogen-bond acceptors (Lipinski definition) is 4. The largest absolute Gasteiger partial charge is 0.387 e. The number of rotatable bonds is 3. The molecule has 1 aromatic carbocycles. The molecule has 80 valence electrons. The van der Waals surface area contributed by atoms with Gasteiger partial charge in [-0.05, 0) is 12.1 Å². The summed E-state index contributed by atoms with van der Waals surface area (Å²) in [5.74, 6) is 0. The molecule has 0 aliphatic rings. The average molecular weight is 226 g/mol. The second-order valence-electron chi connectivity index (χ2n) is 2.74. The first-order valence-electron chi connectivity index (χ1n) is 3.99. The Morgan fingerprint density at radius 1 is 1.40 bits per heavy atom. The lowest BCUT2D eigenvalue weighted by molar-refractivity contribution is 0.603. The molecule has 0 aliphatic heterocycles. The Morgan fingerprint density at radius 3 is 2.47 bits per heavy atom. The molecule has 0 fully saturated rings. The molecular formula is C8H10N4O2S. The van der Waals surface area contributed by atoms with Crippen LogP contribution in [0.25, 0.3) is 0 Å². The minimum absolute atomic E-state index is 0.159. The fourth-order valence-electron chi connectivity index (χ4n) is 1.12. The van der Waals surface area contributed by atoms with Gasteiger partial charge in [-0.15, -0.1) is 0 Å². The zero-order valence-electron chi connectivity index (χ0n) is 7.98. The number of nitrogens with two attached hydrogens (primary N) is 1. The number of nitrogens with zero attached hydrogens (tertiary/aromatic N) is 1. The highest BCUT2D eigenvalue weighted by Gasteiger charge is 2.10. The molecule has 0 saturated carbocycles. The summed E-state index contributed by atoms with van der Waals surface area (Å²) in [6.45, 7) is 0. The molecular weight excluding hydrogens is 216 g/mol. The minimum Gasteiger partial charge on any atom is -0.387 e. The lowest BCUT2D eigenvalue weighted by Crippen LogP contribution is -2.22. The molecule has 15 heavy (non-hydrogen) atoms. The van der Waals surface area contributed by atoms with Crippen molar-refractivity contribution in [3.05, 3.63) is 23.8 Å². The molecule has 1 rings (SSSR count). The lowest BCUT2D eigenvalue weighted by Gasteiger charge is -2.09. The lowest BCUT2D eigenvalue weighted by atomic mass is 10.1. The maximum Gasteiger partial charge on any atom is 0.296 e. The van der Waals surface area contributed by atoms with Crippen molar-refractivity contribution in [1.29, 1.82) is 5.26 Å². The van der Waals surface area contributed by atoms with E-state index in [-0.39, 0.29) is 11.3 Å². The third-order valence-electron chi connectivity index (χ3n) is 1.70. The standard InChI is InChI=1S/C8H10N4O2S/c1-11-7-3-2-4-8(6(7)5-9)12-15(10,13)14/h2-4,11-12H,1H3,(H2,10,13,14). The van der Waals surface area contributed by atoms with E-state index < -0.39 is 10.2 Å². The van der Waals surface area contributed by atoms with E-state index >= 15 is 0 Å². The van der Waals surface area contributed by atoms with E-state index in [1.807, 2.05) is 6.07 Å². The fourth-order valence-corrected chi connectivity index (χ4v) is 1.60. The van der Waals surface area contributed by atoms with Crippen LogP contribution >= 0.6 is 0 Å². The molecule has 0 saturated heterocycles. The third-order valence-corrected chi connectivity index (χ3v) is 2.20. The molecule has 6 nitrogen and oxygen atoms in total. The summed E-state index contributed by atoms with van der Waals surface area (Å²) in [6, 6.07) is 6.63. The van der Waals surface area contributed by atoms with Gasteiger partial charge in [0, 0.05) is 7.05 Å². The highest BCUT2D eigenvalue weighted by Crippen LogP contribution is 2.23. The summed E-state index contributed by atoms with van der Waals surface area (Å²) < 4.78 is 23.7. The first-order valence-corrected chi connectivity index (χ1v) is 5.54. The fraction of sp³-hybridized carbons (Fsp3) is 0.125. The van der Waals surface area contributed by atoms with Gasteiger partial charge in [-0.1, -0.05) is 6.07 Å². The smallest absolute Gasteiger partial charge is 0.296 e. The topological polar surface area (TPSA) is 108 Å². The SMILES string of the molecule is CNc1cccc(NS(N)(=O)=O)c1C#N. The van der Waals surface area contributed by atoms with Crippen molar-refractivity contribution < 1.29 is 8.42 Å². The van der Waals surface area contributed by atoms with Crippen LogP contribution in [-0.4, -0.2) is 15.5 Å². The van der Waals surface area contributed by atoms with E-state index in [2.05, 4.69) is 10.0 Å². The predicted molar refractivity (Wildman–Crippen MR) is 57.4 cm³/mol. The summed E-state index contributed by atoms with van der Waals surface area (Å²) in [6.07, 6.45) is 0. The van der Waals surface area contributed by atoms with E-state index in [0.29, 0.717) is 5.69 Å². The van der Waals surface area contributed by atoms with Gasteiger partial charge in [-0.2, -0.15) is 13.7 Å². The monoisotopic (exact) mass is 226 g/mol. The van der Waals surface area contributed by atoms with Gasteiger partial charge in [-0.3, -0.25) is 4.72 Å². The molecule has 0 radical (unpaired) electrons. The van der Waals surface area contributed by atoms with E-state index in [1.54, 1.807) is 19.2 Å². The molecule has 0 atom stereocenters. The van der Waals surface area contributed by atoms with Crippen molar-refractivity contribution in [3.63, 3.8) is 0 Å². The maximum absolute atomic E-state index is 10.8. The third kappa shape index (κ3) is 2.83. The van der Waals surface area contributed by atoms with E-state index in [4.69, 9.17) is 10.4 Å². The zero-order valence-corrected chi connectivity index (χ0v) is 8.80. The molecule has 7 heteroatoms. The second kappa shape index (κ2) is 4.16. The van der Waals surface area contributed by atoms with Crippen LogP contribution in [0.1, 0.15) is 5.56 Å². The van der Waals surface area contributed by atoms with Gasteiger partial charge >= 0.3 is 0 Å². The predicted octanol–water partition coefficient (Wildman–Crippen LogP) is 0.215. The van der Waals surface area contributed by atoms with Crippen molar-refractivity contribution in [2.24, 2.45) is 5.14 Å². The number of nitriles is 1. The molecule has 0 unspecified atom stereocenters. The summed E-state index contributed by atoms with van der Waals surface area (Å²) in [5.41, 5.74) is 0.895. The molecule has 0 heterocycles. The van der Waals surface area contributed by atoms with Crippen LogP contribution in [0, 0.1) is 11.3 Å². The van der Waals surface area contributed by atoms with E-state index in [9.17, 15) is 8.42 Å². The first-order chi connectivity index (χ1) is 6.98. The van der Waals surface area contributed by atoms with Crippen molar-refractivity contribution in [2.45, 2.75) is 0 Å². The summed E-state index contributed by atoms with van der Waals surface area (Å²) in [7, 11) is -2.23. The molecule has 1 aromatic rings. The molecule has 0 aromatic heterocycles. The number of hydrogen-bond donors (Lipinski definition) is 3. The van der Waals surface area contributed by atoms with Crippen LogP contribution in [-0.2, 0) is 10.2 Å². The zero-order chi connectivity index (χ0) is 11.5. The van der Waals surface area contributed by atoms with Crippen molar-refractivity contribution in [1.82, 2.24) is 0 Å². The number of benzene rings is 1. The summed E-state index contributed by atoms with van der Waals surface area (Å²) >= 11 is 0. The van der Waals surface area contributed by atoms with Crippen LogP contribution in [0.2, 0.25) is 0 Å². The summed E-state index contributed by atoms with van der Waals surface area (Å²) in [5, 5.41) is 16.4. The van der Waals surface area contributed by atoms with Gasteiger partial charge in [0.05, 0.1) is 16.9 Å². The van der Waals surface area contributed by atoms with Crippen LogP contribution in [0.4, 0.5) is 11.4 Å². The van der Waals surface area contributed by atoms with Gasteiger partial charge < -0.3 is 5.32 Å². The summed E-state index contributed by atoms with van der Waals surface area (Å²) in [4.78, 5) is 0. The van der Waals surface area contributed by atoms with Gasteiger partial charge in [-0.25, -0.2) is 5.14 Å². The average Bonchev–Trinajstić information content (AvgIpc) is 2.15. The van der Waals surface area contributed by atoms with Gasteiger partial charge in [0.15, 0.2) is 0 Å². The maximum atomic E-state index is 10.8. The van der Waals surface area contributed by atoms with Crippen molar-refractivity contribution >= 4 is 21.6 Å². The highest BCUT2D eigenvalue weighted by atomic mass is 32.2. The molecule has 0 bridgehead atoms. The molecule has 0 amide bonds. The van der Waals surface area contributed by atoms with Gasteiger partial charge in [0.1, 0.15) is 6.07 Å². The Balaban J connectivity index is 3.26. The number of nitrogens with one attached hydrogen (secondary N) is 2. The van der Waals surface area contributed by atoms with Gasteiger partial charge in [0.2, 0.25) is 0 Å². The van der Waals surface area contributed by atoms with Crippen molar-refractivity contribution in [2.75, 3.05) is 17.1 Å². The molecule has 0 spiro atoms. The molecule has 0 aliphatic carbocycles. The highest BCUT2D eigenvalue weighted by molar-refractivity contribution is 7.90. The second-order valence-corrected chi connectivity index (χ2v) is 4.03. The van der Waals surface area contributed by atoms with Crippen LogP contribution in [0.3, 0.4) is 0 Å². The Hall–Kier alpha value is -1.78. The van der Waals surface area contributed by atoms with Crippen LogP contribution in [0.15, 0.2) is 18.2 Å². The Labute approximate surface area is 87.9 Å². The van der Waals surface area contributed by atoms with Gasteiger partial charge in [0.25, 0.3) is 10.2 Å². The van der Waals surface area contributed by atoms with E-state index in [1.165, 1.54) is 6.07 Å². The number of anilines is 2. The Morgan fingerprint density at radius 2 is 2.00 bits per heavy atom. The normalized spacial score (nSPS) is 10.5. The van der Waals surface area contributed by atoms with E-state index in [0.717, 1.165) is 0 Å². The first kappa shape index (κ1) is 11.3. The Bertz CT molecular complexity index is 504. The minimum atomic E-state index is -3.86. The quantitative estimate of drug-likeness (QED) is 0.684. The van der Waals surface area contributed by atoms with Crippen LogP contribution < -0.4 is 15.2 Å². The Kier molecular flexibility index (Phi) is 3.14. The van der Waals surface area contributed by atoms with Crippen LogP contribution in [0.5, 0.6) is 0 Å².